The topological polar surface area (TPSA) is 26.0 Å². The van der Waals surface area contributed by atoms with Gasteiger partial charge in [-0.05, 0) is 60.9 Å². The van der Waals surface area contributed by atoms with Crippen LogP contribution in [0.2, 0.25) is 0 Å². The number of aryl methyl sites for hydroxylation is 2. The third-order valence-electron chi connectivity index (χ3n) is 4.16. The molecule has 0 saturated heterocycles. The number of benzene rings is 2. The van der Waals surface area contributed by atoms with Gasteiger partial charge in [-0.2, -0.15) is 0 Å². The largest absolute Gasteiger partial charge is 0.399 e. The zero-order valence-corrected chi connectivity index (χ0v) is 13.8. The smallest absolute Gasteiger partial charge is 0.0314 e. The van der Waals surface area contributed by atoms with Crippen LogP contribution in [0.25, 0.3) is 6.08 Å². The monoisotopic (exact) mass is 293 g/mol. The van der Waals surface area contributed by atoms with Crippen molar-refractivity contribution in [3.63, 3.8) is 0 Å². The van der Waals surface area contributed by atoms with Crippen molar-refractivity contribution in [2.45, 2.75) is 46.0 Å². The molecule has 0 unspecified atom stereocenters. The molecule has 0 aromatic heterocycles. The van der Waals surface area contributed by atoms with Crippen LogP contribution in [0.15, 0.2) is 54.1 Å². The molecule has 22 heavy (non-hydrogen) atoms. The molecule has 0 amide bonds. The van der Waals surface area contributed by atoms with E-state index in [2.05, 4.69) is 56.3 Å². The standard InChI is InChI=1S/C21H27N/c1-3-17-8-10-20(11-9-17)16-18(4-2)6-5-7-19-12-14-21(22)15-13-19/h8-16H,3-7,22H2,1-2H3/b18-16+. The molecule has 0 aliphatic heterocycles. The average Bonchev–Trinajstić information content (AvgIpc) is 2.56. The second kappa shape index (κ2) is 8.43. The number of nitrogen functional groups attached to an aromatic ring is 1. The van der Waals surface area contributed by atoms with E-state index in [4.69, 9.17) is 5.73 Å². The van der Waals surface area contributed by atoms with Gasteiger partial charge in [-0.15, -0.1) is 0 Å². The van der Waals surface area contributed by atoms with Crippen molar-refractivity contribution in [1.29, 1.82) is 0 Å². The van der Waals surface area contributed by atoms with Gasteiger partial charge in [-0.25, -0.2) is 0 Å². The maximum Gasteiger partial charge on any atom is 0.0314 e. The van der Waals surface area contributed by atoms with E-state index in [0.717, 1.165) is 31.4 Å². The first-order valence-electron chi connectivity index (χ1n) is 8.34. The molecule has 0 bridgehead atoms. The highest BCUT2D eigenvalue weighted by atomic mass is 14.5. The summed E-state index contributed by atoms with van der Waals surface area (Å²) in [6.07, 6.45) is 8.05. The van der Waals surface area contributed by atoms with Crippen molar-refractivity contribution in [2.75, 3.05) is 5.73 Å². The van der Waals surface area contributed by atoms with Crippen LogP contribution in [0.1, 0.15) is 49.8 Å². The van der Waals surface area contributed by atoms with Gasteiger partial charge in [0.1, 0.15) is 0 Å². The molecule has 0 aliphatic carbocycles. The van der Waals surface area contributed by atoms with Crippen molar-refractivity contribution < 1.29 is 0 Å². The molecule has 116 valence electrons. The van der Waals surface area contributed by atoms with Gasteiger partial charge in [0.15, 0.2) is 0 Å². The number of rotatable bonds is 7. The Kier molecular flexibility index (Phi) is 6.27. The lowest BCUT2D eigenvalue weighted by Crippen LogP contribution is -1.90. The minimum absolute atomic E-state index is 0.841. The van der Waals surface area contributed by atoms with Crippen LogP contribution in [0.5, 0.6) is 0 Å². The van der Waals surface area contributed by atoms with Gasteiger partial charge >= 0.3 is 0 Å². The summed E-state index contributed by atoms with van der Waals surface area (Å²) in [5, 5.41) is 0. The summed E-state index contributed by atoms with van der Waals surface area (Å²) in [6, 6.07) is 17.2. The number of anilines is 1. The third-order valence-corrected chi connectivity index (χ3v) is 4.16. The molecule has 0 spiro atoms. The highest BCUT2D eigenvalue weighted by Crippen LogP contribution is 2.18. The van der Waals surface area contributed by atoms with Gasteiger partial charge in [-0.1, -0.05) is 61.9 Å². The van der Waals surface area contributed by atoms with E-state index >= 15 is 0 Å². The van der Waals surface area contributed by atoms with Crippen LogP contribution >= 0.6 is 0 Å². The first kappa shape index (κ1) is 16.4. The molecule has 2 N–H and O–H groups in total. The number of allylic oxidation sites excluding steroid dienone is 1. The second-order valence-corrected chi connectivity index (χ2v) is 5.85. The molecule has 1 heteroatoms. The molecule has 0 radical (unpaired) electrons. The quantitative estimate of drug-likeness (QED) is 0.656. The lowest BCUT2D eigenvalue weighted by atomic mass is 10.00. The molecule has 0 fully saturated rings. The van der Waals surface area contributed by atoms with E-state index in [0.29, 0.717) is 0 Å². The summed E-state index contributed by atoms with van der Waals surface area (Å²) in [6.45, 7) is 4.44. The summed E-state index contributed by atoms with van der Waals surface area (Å²) in [5.74, 6) is 0. The van der Waals surface area contributed by atoms with Crippen LogP contribution in [-0.2, 0) is 12.8 Å². The maximum absolute atomic E-state index is 5.72. The predicted octanol–water partition coefficient (Wildman–Crippen LogP) is 5.65. The molecule has 0 saturated carbocycles. The lowest BCUT2D eigenvalue weighted by Gasteiger charge is -2.06. The highest BCUT2D eigenvalue weighted by molar-refractivity contribution is 5.53. The summed E-state index contributed by atoms with van der Waals surface area (Å²) < 4.78 is 0. The van der Waals surface area contributed by atoms with E-state index < -0.39 is 0 Å². The molecule has 0 atom stereocenters. The SMILES string of the molecule is CC/C(=C\c1ccc(CC)cc1)CCCc1ccc(N)cc1. The summed E-state index contributed by atoms with van der Waals surface area (Å²) in [5.41, 5.74) is 12.2. The minimum atomic E-state index is 0.841. The molecule has 2 rings (SSSR count). The summed E-state index contributed by atoms with van der Waals surface area (Å²) >= 11 is 0. The van der Waals surface area contributed by atoms with Gasteiger partial charge in [0.25, 0.3) is 0 Å². The summed E-state index contributed by atoms with van der Waals surface area (Å²) in [7, 11) is 0. The Bertz CT molecular complexity index is 591. The Balaban J connectivity index is 1.90. The van der Waals surface area contributed by atoms with Crippen molar-refractivity contribution in [2.24, 2.45) is 0 Å². The minimum Gasteiger partial charge on any atom is -0.399 e. The van der Waals surface area contributed by atoms with Crippen molar-refractivity contribution in [3.8, 4) is 0 Å². The van der Waals surface area contributed by atoms with E-state index in [1.165, 1.54) is 28.7 Å². The molecule has 2 aromatic rings. The fraction of sp³-hybridized carbons (Fsp3) is 0.333. The number of hydrogen-bond donors (Lipinski definition) is 1. The molecular formula is C21H27N. The van der Waals surface area contributed by atoms with Gasteiger partial charge < -0.3 is 5.73 Å². The lowest BCUT2D eigenvalue weighted by molar-refractivity contribution is 0.791. The molecule has 0 aliphatic rings. The molecular weight excluding hydrogens is 266 g/mol. The summed E-state index contributed by atoms with van der Waals surface area (Å²) in [4.78, 5) is 0. The zero-order valence-electron chi connectivity index (χ0n) is 13.8. The Labute approximate surface area is 134 Å². The van der Waals surface area contributed by atoms with E-state index in [9.17, 15) is 0 Å². The molecule has 2 aromatic carbocycles. The average molecular weight is 293 g/mol. The van der Waals surface area contributed by atoms with E-state index in [-0.39, 0.29) is 0 Å². The van der Waals surface area contributed by atoms with Crippen molar-refractivity contribution in [3.05, 3.63) is 70.8 Å². The first-order valence-corrected chi connectivity index (χ1v) is 8.34. The Morgan fingerprint density at radius 3 is 2.14 bits per heavy atom. The maximum atomic E-state index is 5.72. The molecule has 1 nitrogen and oxygen atoms in total. The van der Waals surface area contributed by atoms with Crippen molar-refractivity contribution >= 4 is 11.8 Å². The Hall–Kier alpha value is -2.02. The zero-order chi connectivity index (χ0) is 15.8. The van der Waals surface area contributed by atoms with Crippen molar-refractivity contribution in [1.82, 2.24) is 0 Å². The third kappa shape index (κ3) is 5.07. The van der Waals surface area contributed by atoms with Crippen LogP contribution in [0.3, 0.4) is 0 Å². The van der Waals surface area contributed by atoms with E-state index in [1.54, 1.807) is 0 Å². The van der Waals surface area contributed by atoms with Gasteiger partial charge in [-0.3, -0.25) is 0 Å². The predicted molar refractivity (Wildman–Crippen MR) is 97.9 cm³/mol. The van der Waals surface area contributed by atoms with Crippen LogP contribution in [0, 0.1) is 0 Å². The Morgan fingerprint density at radius 1 is 0.909 bits per heavy atom. The first-order chi connectivity index (χ1) is 10.7. The Morgan fingerprint density at radius 2 is 1.55 bits per heavy atom. The second-order valence-electron chi connectivity index (χ2n) is 5.85. The van der Waals surface area contributed by atoms with Crippen LogP contribution < -0.4 is 5.73 Å². The van der Waals surface area contributed by atoms with Crippen LogP contribution in [-0.4, -0.2) is 0 Å². The number of nitrogens with two attached hydrogens (primary N) is 1. The van der Waals surface area contributed by atoms with E-state index in [1.807, 2.05) is 12.1 Å². The van der Waals surface area contributed by atoms with Gasteiger partial charge in [0.2, 0.25) is 0 Å². The highest BCUT2D eigenvalue weighted by Gasteiger charge is 1.99. The van der Waals surface area contributed by atoms with Gasteiger partial charge in [0, 0.05) is 5.69 Å². The number of hydrogen-bond acceptors (Lipinski definition) is 1. The van der Waals surface area contributed by atoms with Gasteiger partial charge in [0.05, 0.1) is 0 Å². The van der Waals surface area contributed by atoms with Crippen LogP contribution in [0.4, 0.5) is 5.69 Å². The molecule has 0 heterocycles. The normalized spacial score (nSPS) is 11.6. The fourth-order valence-electron chi connectivity index (χ4n) is 2.64. The fourth-order valence-corrected chi connectivity index (χ4v) is 2.64.